The second-order valence-corrected chi connectivity index (χ2v) is 4.21. The van der Waals surface area contributed by atoms with Gasteiger partial charge in [0.25, 0.3) is 0 Å². The number of rotatable bonds is 5. The molecule has 1 N–H and O–H groups in total. The lowest BCUT2D eigenvalue weighted by molar-refractivity contribution is 0.455. The molecule has 1 heterocycles. The second kappa shape index (κ2) is 6.18. The van der Waals surface area contributed by atoms with E-state index in [1.807, 2.05) is 19.2 Å². The van der Waals surface area contributed by atoms with Crippen molar-refractivity contribution >= 4 is 5.82 Å². The summed E-state index contributed by atoms with van der Waals surface area (Å²) in [5, 5.41) is 3.06. The Morgan fingerprint density at radius 2 is 1.79 bits per heavy atom. The molecule has 1 aromatic heterocycles. The zero-order valence-electron chi connectivity index (χ0n) is 11.6. The topological polar surface area (TPSA) is 47.0 Å². The van der Waals surface area contributed by atoms with Gasteiger partial charge in [0.1, 0.15) is 17.9 Å². The number of hydrogen-bond acceptors (Lipinski definition) is 4. The number of aromatic nitrogens is 2. The summed E-state index contributed by atoms with van der Waals surface area (Å²) in [6, 6.07) is 8.08. The van der Waals surface area contributed by atoms with Crippen LogP contribution in [0.5, 0.6) is 11.6 Å². The van der Waals surface area contributed by atoms with Gasteiger partial charge in [-0.05, 0) is 30.5 Å². The third-order valence-electron chi connectivity index (χ3n) is 3.04. The van der Waals surface area contributed by atoms with E-state index in [4.69, 9.17) is 4.74 Å². The van der Waals surface area contributed by atoms with Crippen molar-refractivity contribution in [3.8, 4) is 11.6 Å². The van der Waals surface area contributed by atoms with E-state index in [-0.39, 0.29) is 0 Å². The summed E-state index contributed by atoms with van der Waals surface area (Å²) in [6.45, 7) is 4.20. The average molecular weight is 257 g/mol. The average Bonchev–Trinajstić information content (AvgIpc) is 2.47. The molecule has 4 nitrogen and oxygen atoms in total. The van der Waals surface area contributed by atoms with Crippen molar-refractivity contribution < 1.29 is 4.74 Å². The Balaban J connectivity index is 2.26. The van der Waals surface area contributed by atoms with E-state index in [0.29, 0.717) is 5.88 Å². The van der Waals surface area contributed by atoms with E-state index < -0.39 is 0 Å². The van der Waals surface area contributed by atoms with Crippen molar-refractivity contribution in [1.82, 2.24) is 9.97 Å². The molecule has 2 rings (SSSR count). The Morgan fingerprint density at radius 3 is 2.37 bits per heavy atom. The monoisotopic (exact) mass is 257 g/mol. The van der Waals surface area contributed by atoms with Crippen LogP contribution in [0.3, 0.4) is 0 Å². The lowest BCUT2D eigenvalue weighted by atomic mass is 10.2. The molecule has 0 saturated carbocycles. The van der Waals surface area contributed by atoms with Gasteiger partial charge in [-0.15, -0.1) is 0 Å². The highest BCUT2D eigenvalue weighted by Crippen LogP contribution is 2.27. The van der Waals surface area contributed by atoms with Crippen LogP contribution < -0.4 is 10.1 Å². The number of aryl methyl sites for hydroxylation is 1. The number of hydrogen-bond donors (Lipinski definition) is 1. The van der Waals surface area contributed by atoms with Gasteiger partial charge in [-0.2, -0.15) is 0 Å². The van der Waals surface area contributed by atoms with Gasteiger partial charge in [-0.3, -0.25) is 0 Å². The molecule has 0 fully saturated rings. The third-order valence-corrected chi connectivity index (χ3v) is 3.04. The first-order valence-corrected chi connectivity index (χ1v) is 6.56. The molecule has 100 valence electrons. The molecule has 19 heavy (non-hydrogen) atoms. The van der Waals surface area contributed by atoms with Gasteiger partial charge in [-0.25, -0.2) is 9.97 Å². The van der Waals surface area contributed by atoms with E-state index in [1.54, 1.807) is 0 Å². The Bertz CT molecular complexity index is 538. The molecule has 0 unspecified atom stereocenters. The molecule has 4 heteroatoms. The molecule has 0 atom stereocenters. The van der Waals surface area contributed by atoms with Crippen LogP contribution in [0.2, 0.25) is 0 Å². The van der Waals surface area contributed by atoms with Crippen LogP contribution in [0.1, 0.15) is 25.0 Å². The smallest absolute Gasteiger partial charge is 0.227 e. The van der Waals surface area contributed by atoms with Crippen LogP contribution in [0, 0.1) is 0 Å². The van der Waals surface area contributed by atoms with Crippen molar-refractivity contribution in [2.24, 2.45) is 0 Å². The summed E-state index contributed by atoms with van der Waals surface area (Å²) >= 11 is 0. The van der Waals surface area contributed by atoms with Crippen LogP contribution >= 0.6 is 0 Å². The molecule has 0 radical (unpaired) electrons. The summed E-state index contributed by atoms with van der Waals surface area (Å²) in [6.07, 6.45) is 3.36. The second-order valence-electron chi connectivity index (χ2n) is 4.21. The highest BCUT2D eigenvalue weighted by molar-refractivity contribution is 5.49. The van der Waals surface area contributed by atoms with Gasteiger partial charge in [0.2, 0.25) is 5.88 Å². The maximum Gasteiger partial charge on any atom is 0.227 e. The number of benzene rings is 1. The Hall–Kier alpha value is -2.10. The fourth-order valence-electron chi connectivity index (χ4n) is 1.92. The Labute approximate surface area is 113 Å². The molecular formula is C15H19N3O. The highest BCUT2D eigenvalue weighted by Gasteiger charge is 2.10. The molecule has 1 aromatic carbocycles. The van der Waals surface area contributed by atoms with Crippen LogP contribution in [0.4, 0.5) is 5.82 Å². The lowest BCUT2D eigenvalue weighted by Crippen LogP contribution is -2.02. The largest absolute Gasteiger partial charge is 0.439 e. The summed E-state index contributed by atoms with van der Waals surface area (Å²) in [5.74, 6) is 2.23. The predicted octanol–water partition coefficient (Wildman–Crippen LogP) is 3.44. The van der Waals surface area contributed by atoms with E-state index in [2.05, 4.69) is 41.3 Å². The zero-order valence-corrected chi connectivity index (χ0v) is 11.6. The van der Waals surface area contributed by atoms with Gasteiger partial charge >= 0.3 is 0 Å². The van der Waals surface area contributed by atoms with Gasteiger partial charge in [0.05, 0.1) is 5.56 Å². The van der Waals surface area contributed by atoms with Gasteiger partial charge in [0, 0.05) is 7.05 Å². The fraction of sp³-hybridized carbons (Fsp3) is 0.333. The molecule has 2 aromatic rings. The fourth-order valence-corrected chi connectivity index (χ4v) is 1.92. The lowest BCUT2D eigenvalue weighted by Gasteiger charge is -2.12. The van der Waals surface area contributed by atoms with E-state index in [1.165, 1.54) is 11.9 Å². The molecular weight excluding hydrogens is 238 g/mol. The molecule has 0 spiro atoms. The van der Waals surface area contributed by atoms with Crippen LogP contribution in [0.15, 0.2) is 30.6 Å². The molecule has 0 aliphatic rings. The van der Waals surface area contributed by atoms with Crippen molar-refractivity contribution in [2.75, 3.05) is 12.4 Å². The first-order valence-electron chi connectivity index (χ1n) is 6.56. The minimum Gasteiger partial charge on any atom is -0.439 e. The number of nitrogens with zero attached hydrogens (tertiary/aromatic N) is 2. The number of ether oxygens (including phenoxy) is 1. The highest BCUT2D eigenvalue weighted by atomic mass is 16.5. The number of nitrogens with one attached hydrogen (secondary N) is 1. The van der Waals surface area contributed by atoms with Crippen molar-refractivity contribution in [3.05, 3.63) is 41.7 Å². The van der Waals surface area contributed by atoms with E-state index in [9.17, 15) is 0 Å². The van der Waals surface area contributed by atoms with Crippen LogP contribution in [0.25, 0.3) is 0 Å². The third kappa shape index (κ3) is 3.02. The Kier molecular flexibility index (Phi) is 4.34. The summed E-state index contributed by atoms with van der Waals surface area (Å²) in [5.41, 5.74) is 2.28. The van der Waals surface area contributed by atoms with Crippen LogP contribution in [-0.4, -0.2) is 17.0 Å². The predicted molar refractivity (Wildman–Crippen MR) is 76.9 cm³/mol. The quantitative estimate of drug-likeness (QED) is 0.891. The van der Waals surface area contributed by atoms with E-state index in [0.717, 1.165) is 30.0 Å². The van der Waals surface area contributed by atoms with Gasteiger partial charge in [-0.1, -0.05) is 26.0 Å². The SMILES string of the molecule is CCc1ccc(Oc2ncnc(NC)c2CC)cc1. The maximum absolute atomic E-state index is 5.85. The maximum atomic E-state index is 5.85. The summed E-state index contributed by atoms with van der Waals surface area (Å²) < 4.78 is 5.85. The summed E-state index contributed by atoms with van der Waals surface area (Å²) in [7, 11) is 1.85. The number of anilines is 1. The molecule has 0 aliphatic carbocycles. The minimum atomic E-state index is 0.617. The molecule has 0 saturated heterocycles. The molecule has 0 bridgehead atoms. The first kappa shape index (κ1) is 13.3. The summed E-state index contributed by atoms with van der Waals surface area (Å²) in [4.78, 5) is 8.42. The van der Waals surface area contributed by atoms with Gasteiger partial charge < -0.3 is 10.1 Å². The molecule has 0 amide bonds. The zero-order chi connectivity index (χ0) is 13.7. The van der Waals surface area contributed by atoms with Crippen molar-refractivity contribution in [1.29, 1.82) is 0 Å². The van der Waals surface area contributed by atoms with Crippen LogP contribution in [-0.2, 0) is 12.8 Å². The molecule has 0 aliphatic heterocycles. The normalized spacial score (nSPS) is 10.3. The first-order chi connectivity index (χ1) is 9.28. The van der Waals surface area contributed by atoms with Crippen molar-refractivity contribution in [2.45, 2.75) is 26.7 Å². The standard InChI is InChI=1S/C15H19N3O/c1-4-11-6-8-12(9-7-11)19-15-13(5-2)14(16-3)17-10-18-15/h6-10H,4-5H2,1-3H3,(H,16,17,18). The van der Waals surface area contributed by atoms with Crippen molar-refractivity contribution in [3.63, 3.8) is 0 Å². The minimum absolute atomic E-state index is 0.617. The van der Waals surface area contributed by atoms with Gasteiger partial charge in [0.15, 0.2) is 0 Å². The Morgan fingerprint density at radius 1 is 1.05 bits per heavy atom. The van der Waals surface area contributed by atoms with E-state index >= 15 is 0 Å².